The van der Waals surface area contributed by atoms with E-state index < -0.39 is 35.4 Å². The molecule has 4 atom stereocenters. The number of halogens is 1. The smallest absolute Gasteiger partial charge is 0.330 e. The average Bonchev–Trinajstić information content (AvgIpc) is 2.52. The van der Waals surface area contributed by atoms with Crippen LogP contribution in [0.4, 0.5) is 4.39 Å². The Hall–Kier alpha value is -1.47. The maximum atomic E-state index is 14.4. The quantitative estimate of drug-likeness (QED) is 0.778. The number of aliphatic hydroxyl groups is 1. The van der Waals surface area contributed by atoms with Crippen molar-refractivity contribution in [2.24, 2.45) is 0 Å². The standard InChI is InChI=1S/C11H15FN2O4/c1-3-6-8(16)11(2,12)9(18-6)14-5-4-7(15)13-10(14)17/h4-6,8-9,16H,3H2,1-2H3,(H,13,15,17)/t6-,8+,9-,11?/m1/s1. The van der Waals surface area contributed by atoms with Gasteiger partial charge in [-0.2, -0.15) is 0 Å². The molecule has 0 amide bonds. The van der Waals surface area contributed by atoms with Crippen molar-refractivity contribution in [3.05, 3.63) is 33.1 Å². The molecule has 2 heterocycles. The van der Waals surface area contributed by atoms with E-state index >= 15 is 0 Å². The van der Waals surface area contributed by atoms with Gasteiger partial charge in [-0.15, -0.1) is 0 Å². The lowest BCUT2D eigenvalue weighted by molar-refractivity contribution is -0.0510. The minimum atomic E-state index is -2.09. The van der Waals surface area contributed by atoms with E-state index in [2.05, 4.69) is 0 Å². The van der Waals surface area contributed by atoms with Gasteiger partial charge in [0.25, 0.3) is 5.56 Å². The van der Waals surface area contributed by atoms with Crippen LogP contribution in [0.1, 0.15) is 26.5 Å². The summed E-state index contributed by atoms with van der Waals surface area (Å²) < 4.78 is 20.8. The number of aromatic amines is 1. The van der Waals surface area contributed by atoms with E-state index in [0.717, 1.165) is 16.8 Å². The molecule has 0 bridgehead atoms. The Labute approximate surface area is 102 Å². The number of nitrogens with one attached hydrogen (secondary N) is 1. The highest BCUT2D eigenvalue weighted by atomic mass is 19.1. The molecule has 1 aliphatic heterocycles. The molecular weight excluding hydrogens is 243 g/mol. The Bertz CT molecular complexity index is 550. The molecule has 0 saturated carbocycles. The molecule has 0 aliphatic carbocycles. The summed E-state index contributed by atoms with van der Waals surface area (Å²) in [6, 6.07) is 1.10. The number of nitrogens with zero attached hydrogens (tertiary/aromatic N) is 1. The summed E-state index contributed by atoms with van der Waals surface area (Å²) >= 11 is 0. The van der Waals surface area contributed by atoms with Gasteiger partial charge in [-0.25, -0.2) is 9.18 Å². The van der Waals surface area contributed by atoms with Gasteiger partial charge < -0.3 is 9.84 Å². The van der Waals surface area contributed by atoms with Crippen LogP contribution in [0.25, 0.3) is 0 Å². The lowest BCUT2D eigenvalue weighted by Gasteiger charge is -2.24. The summed E-state index contributed by atoms with van der Waals surface area (Å²) in [6.07, 6.45) is -1.65. The van der Waals surface area contributed by atoms with Gasteiger partial charge in [-0.05, 0) is 13.3 Å². The molecular formula is C11H15FN2O4. The second kappa shape index (κ2) is 4.33. The lowest BCUT2D eigenvalue weighted by Crippen LogP contribution is -2.43. The molecule has 0 radical (unpaired) electrons. The molecule has 2 N–H and O–H groups in total. The van der Waals surface area contributed by atoms with E-state index in [9.17, 15) is 19.1 Å². The molecule has 1 saturated heterocycles. The highest BCUT2D eigenvalue weighted by Crippen LogP contribution is 2.41. The van der Waals surface area contributed by atoms with Crippen molar-refractivity contribution in [3.63, 3.8) is 0 Å². The number of rotatable bonds is 2. The van der Waals surface area contributed by atoms with Crippen molar-refractivity contribution in [1.29, 1.82) is 0 Å². The van der Waals surface area contributed by atoms with Gasteiger partial charge in [0.2, 0.25) is 0 Å². The van der Waals surface area contributed by atoms with E-state index in [0.29, 0.717) is 6.42 Å². The maximum absolute atomic E-state index is 14.4. The Morgan fingerprint density at radius 1 is 1.61 bits per heavy atom. The van der Waals surface area contributed by atoms with Gasteiger partial charge in [-0.3, -0.25) is 14.3 Å². The van der Waals surface area contributed by atoms with E-state index in [1.807, 2.05) is 4.98 Å². The third kappa shape index (κ3) is 1.89. The summed E-state index contributed by atoms with van der Waals surface area (Å²) in [5.74, 6) is 0. The molecule has 18 heavy (non-hydrogen) atoms. The van der Waals surface area contributed by atoms with Crippen molar-refractivity contribution < 1.29 is 14.2 Å². The number of aromatic nitrogens is 2. The number of hydrogen-bond acceptors (Lipinski definition) is 4. The third-order valence-corrected chi connectivity index (χ3v) is 3.22. The molecule has 1 aliphatic rings. The van der Waals surface area contributed by atoms with Gasteiger partial charge in [-0.1, -0.05) is 6.92 Å². The minimum Gasteiger partial charge on any atom is -0.387 e. The number of ether oxygens (including phenoxy) is 1. The van der Waals surface area contributed by atoms with Crippen molar-refractivity contribution in [2.75, 3.05) is 0 Å². The predicted octanol–water partition coefficient (Wildman–Crippen LogP) is -0.0669. The monoisotopic (exact) mass is 258 g/mol. The van der Waals surface area contributed by atoms with E-state index in [1.54, 1.807) is 6.92 Å². The topological polar surface area (TPSA) is 84.3 Å². The molecule has 1 unspecified atom stereocenters. The zero-order valence-electron chi connectivity index (χ0n) is 10.1. The number of H-pyrrole nitrogens is 1. The summed E-state index contributed by atoms with van der Waals surface area (Å²) in [4.78, 5) is 24.6. The highest BCUT2D eigenvalue weighted by molar-refractivity contribution is 5.00. The van der Waals surface area contributed by atoms with Crippen LogP contribution in [0.2, 0.25) is 0 Å². The van der Waals surface area contributed by atoms with Crippen LogP contribution in [-0.4, -0.2) is 32.5 Å². The summed E-state index contributed by atoms with van der Waals surface area (Å²) in [5.41, 5.74) is -3.43. The molecule has 1 fully saturated rings. The normalized spacial score (nSPS) is 35.9. The van der Waals surface area contributed by atoms with E-state index in [4.69, 9.17) is 4.74 Å². The summed E-state index contributed by atoms with van der Waals surface area (Å²) in [5, 5.41) is 9.81. The van der Waals surface area contributed by atoms with Crippen LogP contribution in [-0.2, 0) is 4.74 Å². The van der Waals surface area contributed by atoms with Crippen molar-refractivity contribution in [1.82, 2.24) is 9.55 Å². The number of alkyl halides is 1. The first kappa shape index (κ1) is 13.0. The Balaban J connectivity index is 2.45. The first-order valence-corrected chi connectivity index (χ1v) is 5.71. The van der Waals surface area contributed by atoms with Crippen LogP contribution in [0.5, 0.6) is 0 Å². The molecule has 6 nitrogen and oxygen atoms in total. The molecule has 0 spiro atoms. The van der Waals surface area contributed by atoms with Crippen LogP contribution >= 0.6 is 0 Å². The molecule has 1 aromatic rings. The molecule has 100 valence electrons. The first-order valence-electron chi connectivity index (χ1n) is 5.71. The highest BCUT2D eigenvalue weighted by Gasteiger charge is 2.54. The summed E-state index contributed by atoms with van der Waals surface area (Å²) in [7, 11) is 0. The van der Waals surface area contributed by atoms with Crippen molar-refractivity contribution >= 4 is 0 Å². The lowest BCUT2D eigenvalue weighted by atomic mass is 9.97. The van der Waals surface area contributed by atoms with Gasteiger partial charge in [0.1, 0.15) is 6.10 Å². The zero-order chi connectivity index (χ0) is 13.5. The van der Waals surface area contributed by atoms with Gasteiger partial charge in [0.05, 0.1) is 6.10 Å². The van der Waals surface area contributed by atoms with Crippen LogP contribution in [0.15, 0.2) is 21.9 Å². The van der Waals surface area contributed by atoms with Crippen molar-refractivity contribution in [2.45, 2.75) is 44.4 Å². The maximum Gasteiger partial charge on any atom is 0.330 e. The molecule has 7 heteroatoms. The average molecular weight is 258 g/mol. The molecule has 1 aromatic heterocycles. The van der Waals surface area contributed by atoms with Crippen LogP contribution in [0.3, 0.4) is 0 Å². The van der Waals surface area contributed by atoms with E-state index in [1.165, 1.54) is 6.92 Å². The predicted molar refractivity (Wildman–Crippen MR) is 61.0 cm³/mol. The Kier molecular flexibility index (Phi) is 3.12. The van der Waals surface area contributed by atoms with Gasteiger partial charge in [0.15, 0.2) is 11.9 Å². The van der Waals surface area contributed by atoms with Crippen LogP contribution < -0.4 is 11.2 Å². The van der Waals surface area contributed by atoms with Gasteiger partial charge >= 0.3 is 5.69 Å². The third-order valence-electron chi connectivity index (χ3n) is 3.22. The van der Waals surface area contributed by atoms with Gasteiger partial charge in [0, 0.05) is 12.3 Å². The SMILES string of the molecule is CC[C@H]1O[C@@H](n2ccc(=O)[nH]c2=O)C(C)(F)[C@H]1O. The largest absolute Gasteiger partial charge is 0.387 e. The zero-order valence-corrected chi connectivity index (χ0v) is 10.1. The van der Waals surface area contributed by atoms with E-state index in [-0.39, 0.29) is 0 Å². The second-order valence-corrected chi connectivity index (χ2v) is 4.55. The number of hydrogen-bond donors (Lipinski definition) is 2. The Morgan fingerprint density at radius 3 is 2.78 bits per heavy atom. The molecule has 2 rings (SSSR count). The second-order valence-electron chi connectivity index (χ2n) is 4.55. The Morgan fingerprint density at radius 2 is 2.28 bits per heavy atom. The first-order chi connectivity index (χ1) is 8.37. The fourth-order valence-corrected chi connectivity index (χ4v) is 2.15. The van der Waals surface area contributed by atoms with Crippen LogP contribution in [0, 0.1) is 0 Å². The summed E-state index contributed by atoms with van der Waals surface area (Å²) in [6.45, 7) is 2.93. The number of aliphatic hydroxyl groups excluding tert-OH is 1. The minimum absolute atomic E-state index is 0.426. The van der Waals surface area contributed by atoms with Crippen molar-refractivity contribution in [3.8, 4) is 0 Å². The fourth-order valence-electron chi connectivity index (χ4n) is 2.15. The fraction of sp³-hybridized carbons (Fsp3) is 0.636. The molecule has 0 aromatic carbocycles.